The van der Waals surface area contributed by atoms with Crippen LogP contribution >= 0.6 is 0 Å². The third-order valence-electron chi connectivity index (χ3n) is 8.05. The minimum Gasteiger partial charge on any atom is -0.480 e. The van der Waals surface area contributed by atoms with E-state index in [0.717, 1.165) is 49.1 Å². The molecule has 5 aromatic carbocycles. The molecule has 1 unspecified atom stereocenters. The van der Waals surface area contributed by atoms with Gasteiger partial charge in [0.2, 0.25) is 5.91 Å². The Bertz CT molecular complexity index is 1810. The minimum absolute atomic E-state index is 0.163. The number of carboxylic acids is 1. The molecule has 0 saturated carbocycles. The third-order valence-corrected chi connectivity index (χ3v) is 8.05. The van der Waals surface area contributed by atoms with Crippen molar-refractivity contribution in [3.8, 4) is 0 Å². The van der Waals surface area contributed by atoms with Crippen LogP contribution in [0.3, 0.4) is 0 Å². The second kappa shape index (κ2) is 10.9. The summed E-state index contributed by atoms with van der Waals surface area (Å²) in [6, 6.07) is 36.6. The van der Waals surface area contributed by atoms with Gasteiger partial charge in [-0.2, -0.15) is 0 Å². The molecule has 5 heteroatoms. The van der Waals surface area contributed by atoms with Crippen molar-refractivity contribution >= 4 is 44.3 Å². The SMILES string of the molecule is CC(Cc1c[nH]c2ccccc12)(NC(=O)C(Cc1ccc2ccccc2c1)Cc1ccc2ccccc2c1)C(=O)O. The lowest BCUT2D eigenvalue weighted by Crippen LogP contribution is -2.55. The summed E-state index contributed by atoms with van der Waals surface area (Å²) in [5.41, 5.74) is 2.39. The monoisotopic (exact) mass is 540 g/mol. The number of fused-ring (bicyclic) bond motifs is 3. The summed E-state index contributed by atoms with van der Waals surface area (Å²) >= 11 is 0. The highest BCUT2D eigenvalue weighted by Crippen LogP contribution is 2.26. The van der Waals surface area contributed by atoms with E-state index >= 15 is 0 Å². The number of hydrogen-bond acceptors (Lipinski definition) is 2. The van der Waals surface area contributed by atoms with Gasteiger partial charge in [-0.1, -0.05) is 103 Å². The number of para-hydroxylation sites is 1. The number of benzene rings is 5. The molecule has 3 N–H and O–H groups in total. The molecule has 0 spiro atoms. The minimum atomic E-state index is -1.48. The van der Waals surface area contributed by atoms with Crippen LogP contribution in [0.1, 0.15) is 23.6 Å². The van der Waals surface area contributed by atoms with E-state index < -0.39 is 17.4 Å². The van der Waals surface area contributed by atoms with Crippen LogP contribution in [-0.4, -0.2) is 27.5 Å². The van der Waals surface area contributed by atoms with Crippen LogP contribution in [0, 0.1) is 5.92 Å². The summed E-state index contributed by atoms with van der Waals surface area (Å²) in [6.07, 6.45) is 2.98. The fourth-order valence-electron chi connectivity index (χ4n) is 5.76. The van der Waals surface area contributed by atoms with Gasteiger partial charge in [0.15, 0.2) is 0 Å². The van der Waals surface area contributed by atoms with Crippen molar-refractivity contribution in [3.63, 3.8) is 0 Å². The van der Waals surface area contributed by atoms with Crippen molar-refractivity contribution in [3.05, 3.63) is 132 Å². The number of aliphatic carboxylic acids is 1. The van der Waals surface area contributed by atoms with E-state index in [0.29, 0.717) is 12.8 Å². The normalized spacial score (nSPS) is 13.0. The van der Waals surface area contributed by atoms with Crippen molar-refractivity contribution in [2.45, 2.75) is 31.7 Å². The fraction of sp³-hybridized carbons (Fsp3) is 0.167. The van der Waals surface area contributed by atoms with Crippen LogP contribution in [-0.2, 0) is 28.9 Å². The number of carboxylic acid groups (broad SMARTS) is 1. The number of rotatable bonds is 9. The topological polar surface area (TPSA) is 82.2 Å². The molecular weight excluding hydrogens is 508 g/mol. The molecule has 0 radical (unpaired) electrons. The Morgan fingerprint density at radius 2 is 1.29 bits per heavy atom. The van der Waals surface area contributed by atoms with E-state index in [1.54, 1.807) is 6.92 Å². The molecule has 0 aliphatic carbocycles. The molecule has 1 amide bonds. The standard InChI is InChI=1S/C36H32N2O3/c1-36(35(40)41,22-31-23-37-33-13-7-6-12-32(31)33)38-34(39)30(20-24-14-16-26-8-2-4-10-28(26)18-24)21-25-15-17-27-9-3-5-11-29(27)19-25/h2-19,23,30,37H,20-22H2,1H3,(H,38,39)(H,40,41). The van der Waals surface area contributed by atoms with Crippen molar-refractivity contribution in [2.75, 3.05) is 0 Å². The number of H-pyrrole nitrogens is 1. The molecule has 0 bridgehead atoms. The summed E-state index contributed by atoms with van der Waals surface area (Å²) < 4.78 is 0. The first-order chi connectivity index (χ1) is 19.9. The van der Waals surface area contributed by atoms with Crippen LogP contribution in [0.25, 0.3) is 32.4 Å². The summed E-state index contributed by atoms with van der Waals surface area (Å²) in [5, 5.41) is 18.8. The summed E-state index contributed by atoms with van der Waals surface area (Å²) in [4.78, 5) is 29.8. The number of aromatic nitrogens is 1. The Hall–Kier alpha value is -4.90. The maximum atomic E-state index is 14.0. The summed E-state index contributed by atoms with van der Waals surface area (Å²) in [6.45, 7) is 1.60. The fourth-order valence-corrected chi connectivity index (χ4v) is 5.76. The lowest BCUT2D eigenvalue weighted by atomic mass is 9.87. The molecular formula is C36H32N2O3. The molecule has 41 heavy (non-hydrogen) atoms. The predicted octanol–water partition coefficient (Wildman–Crippen LogP) is 7.08. The third kappa shape index (κ3) is 5.57. The first-order valence-corrected chi connectivity index (χ1v) is 13.9. The highest BCUT2D eigenvalue weighted by Gasteiger charge is 2.37. The Labute approximate surface area is 238 Å². The molecule has 1 heterocycles. The zero-order valence-corrected chi connectivity index (χ0v) is 22.9. The van der Waals surface area contributed by atoms with Gasteiger partial charge in [-0.05, 0) is 64.1 Å². The molecule has 0 aliphatic rings. The maximum absolute atomic E-state index is 14.0. The zero-order valence-electron chi connectivity index (χ0n) is 22.9. The second-order valence-corrected chi connectivity index (χ2v) is 11.1. The number of aromatic amines is 1. The highest BCUT2D eigenvalue weighted by atomic mass is 16.4. The lowest BCUT2D eigenvalue weighted by Gasteiger charge is -2.29. The Balaban J connectivity index is 1.31. The van der Waals surface area contributed by atoms with Gasteiger partial charge >= 0.3 is 5.97 Å². The van der Waals surface area contributed by atoms with Crippen LogP contribution < -0.4 is 5.32 Å². The number of amides is 1. The van der Waals surface area contributed by atoms with Crippen LogP contribution in [0.4, 0.5) is 0 Å². The van der Waals surface area contributed by atoms with Gasteiger partial charge < -0.3 is 15.4 Å². The predicted molar refractivity (Wildman–Crippen MR) is 165 cm³/mol. The lowest BCUT2D eigenvalue weighted by molar-refractivity contribution is -0.147. The zero-order chi connectivity index (χ0) is 28.4. The van der Waals surface area contributed by atoms with Crippen LogP contribution in [0.2, 0.25) is 0 Å². The molecule has 0 fully saturated rings. The van der Waals surface area contributed by atoms with Crippen molar-refractivity contribution in [1.82, 2.24) is 10.3 Å². The van der Waals surface area contributed by atoms with Crippen LogP contribution in [0.15, 0.2) is 115 Å². The van der Waals surface area contributed by atoms with Crippen LogP contribution in [0.5, 0.6) is 0 Å². The van der Waals surface area contributed by atoms with Crippen molar-refractivity contribution in [1.29, 1.82) is 0 Å². The second-order valence-electron chi connectivity index (χ2n) is 11.1. The van der Waals surface area contributed by atoms with Gasteiger partial charge in [-0.15, -0.1) is 0 Å². The van der Waals surface area contributed by atoms with Gasteiger partial charge in [0.05, 0.1) is 0 Å². The number of hydrogen-bond donors (Lipinski definition) is 3. The first-order valence-electron chi connectivity index (χ1n) is 13.9. The van der Waals surface area contributed by atoms with Crippen molar-refractivity contribution < 1.29 is 14.7 Å². The maximum Gasteiger partial charge on any atom is 0.329 e. The molecule has 6 aromatic rings. The Morgan fingerprint density at radius 1 is 0.756 bits per heavy atom. The number of carbonyl (C=O) groups excluding carboxylic acids is 1. The van der Waals surface area contributed by atoms with E-state index in [-0.39, 0.29) is 12.3 Å². The molecule has 5 nitrogen and oxygen atoms in total. The van der Waals surface area contributed by atoms with Gasteiger partial charge in [-0.25, -0.2) is 4.79 Å². The number of carbonyl (C=O) groups is 2. The average Bonchev–Trinajstić information content (AvgIpc) is 3.39. The van der Waals surface area contributed by atoms with E-state index in [4.69, 9.17) is 0 Å². The van der Waals surface area contributed by atoms with Gasteiger partial charge in [0.25, 0.3) is 0 Å². The quantitative estimate of drug-likeness (QED) is 0.183. The first kappa shape index (κ1) is 26.3. The Morgan fingerprint density at radius 3 is 1.88 bits per heavy atom. The summed E-state index contributed by atoms with van der Waals surface area (Å²) in [5.74, 6) is -1.79. The Kier molecular flexibility index (Phi) is 7.02. The molecule has 1 atom stereocenters. The van der Waals surface area contributed by atoms with Gasteiger partial charge in [-0.3, -0.25) is 4.79 Å². The molecule has 6 rings (SSSR count). The summed E-state index contributed by atoms with van der Waals surface area (Å²) in [7, 11) is 0. The highest BCUT2D eigenvalue weighted by molar-refractivity contribution is 5.90. The molecule has 0 aliphatic heterocycles. The largest absolute Gasteiger partial charge is 0.480 e. The molecule has 0 saturated heterocycles. The van der Waals surface area contributed by atoms with E-state index in [2.05, 4.69) is 71.0 Å². The van der Waals surface area contributed by atoms with Gasteiger partial charge in [0.1, 0.15) is 5.54 Å². The van der Waals surface area contributed by atoms with E-state index in [1.807, 2.05) is 54.7 Å². The van der Waals surface area contributed by atoms with E-state index in [9.17, 15) is 14.7 Å². The molecule has 204 valence electrons. The smallest absolute Gasteiger partial charge is 0.329 e. The molecule has 1 aromatic heterocycles. The van der Waals surface area contributed by atoms with Crippen molar-refractivity contribution in [2.24, 2.45) is 5.92 Å². The number of nitrogens with one attached hydrogen (secondary N) is 2. The average molecular weight is 541 g/mol. The van der Waals surface area contributed by atoms with E-state index in [1.165, 1.54) is 0 Å². The van der Waals surface area contributed by atoms with Gasteiger partial charge in [0, 0.05) is 29.4 Å².